The molecule has 0 spiro atoms. The highest BCUT2D eigenvalue weighted by Crippen LogP contribution is 2.29. The van der Waals surface area contributed by atoms with Gasteiger partial charge >= 0.3 is 0 Å². The average molecular weight is 342 g/mol. The van der Waals surface area contributed by atoms with Crippen molar-refractivity contribution >= 4 is 43.4 Å². The van der Waals surface area contributed by atoms with Crippen molar-refractivity contribution in [3.63, 3.8) is 0 Å². The van der Waals surface area contributed by atoms with Gasteiger partial charge in [-0.1, -0.05) is 6.07 Å². The smallest absolute Gasteiger partial charge is 0.144 e. The van der Waals surface area contributed by atoms with Gasteiger partial charge in [0.05, 0.1) is 10.2 Å². The first-order valence-electron chi connectivity index (χ1n) is 4.80. The van der Waals surface area contributed by atoms with E-state index in [1.165, 1.54) is 5.56 Å². The van der Waals surface area contributed by atoms with Crippen LogP contribution in [0, 0.1) is 6.92 Å². The van der Waals surface area contributed by atoms with Crippen LogP contribution in [0.1, 0.15) is 5.56 Å². The molecule has 0 amide bonds. The second-order valence-corrected chi connectivity index (χ2v) is 5.15. The number of halogens is 2. The van der Waals surface area contributed by atoms with Gasteiger partial charge in [0.15, 0.2) is 0 Å². The Bertz CT molecular complexity index is 512. The molecule has 4 heteroatoms. The van der Waals surface area contributed by atoms with Crippen LogP contribution in [0.3, 0.4) is 0 Å². The molecule has 0 radical (unpaired) electrons. The summed E-state index contributed by atoms with van der Waals surface area (Å²) in [6, 6.07) is 10.0. The van der Waals surface area contributed by atoms with Gasteiger partial charge in [0.2, 0.25) is 0 Å². The minimum atomic E-state index is 0.814. The molecule has 0 saturated heterocycles. The van der Waals surface area contributed by atoms with Crippen LogP contribution in [0.25, 0.3) is 0 Å². The molecule has 2 aromatic rings. The maximum atomic E-state index is 4.27. The summed E-state index contributed by atoms with van der Waals surface area (Å²) in [5.41, 5.74) is 2.22. The van der Waals surface area contributed by atoms with Gasteiger partial charge < -0.3 is 5.32 Å². The SMILES string of the molecule is Cc1ccc(Br)c(Nc2ncccc2Br)c1. The third kappa shape index (κ3) is 2.62. The lowest BCUT2D eigenvalue weighted by atomic mass is 10.2. The Hall–Kier alpha value is -0.870. The van der Waals surface area contributed by atoms with Gasteiger partial charge in [-0.25, -0.2) is 4.98 Å². The molecule has 0 aliphatic heterocycles. The third-order valence-corrected chi connectivity index (χ3v) is 3.46. The fraction of sp³-hybridized carbons (Fsp3) is 0.0833. The van der Waals surface area contributed by atoms with E-state index in [4.69, 9.17) is 0 Å². The molecule has 0 aliphatic carbocycles. The predicted molar refractivity (Wildman–Crippen MR) is 74.1 cm³/mol. The van der Waals surface area contributed by atoms with E-state index in [-0.39, 0.29) is 0 Å². The summed E-state index contributed by atoms with van der Waals surface area (Å²) in [5.74, 6) is 0.814. The van der Waals surface area contributed by atoms with Crippen molar-refractivity contribution < 1.29 is 0 Å². The number of aromatic nitrogens is 1. The zero-order chi connectivity index (χ0) is 11.5. The van der Waals surface area contributed by atoms with Crippen LogP contribution in [0.15, 0.2) is 45.5 Å². The Labute approximate surface area is 111 Å². The van der Waals surface area contributed by atoms with Crippen molar-refractivity contribution in [3.8, 4) is 0 Å². The number of anilines is 2. The number of nitrogens with one attached hydrogen (secondary N) is 1. The Morgan fingerprint density at radius 1 is 1.12 bits per heavy atom. The largest absolute Gasteiger partial charge is 0.338 e. The molecular weight excluding hydrogens is 332 g/mol. The van der Waals surface area contributed by atoms with Crippen molar-refractivity contribution in [3.05, 3.63) is 51.0 Å². The fourth-order valence-electron chi connectivity index (χ4n) is 1.34. The van der Waals surface area contributed by atoms with E-state index in [1.54, 1.807) is 6.20 Å². The zero-order valence-electron chi connectivity index (χ0n) is 8.67. The van der Waals surface area contributed by atoms with Gasteiger partial charge in [-0.05, 0) is 68.6 Å². The van der Waals surface area contributed by atoms with Gasteiger partial charge in [-0.3, -0.25) is 0 Å². The van der Waals surface area contributed by atoms with Gasteiger partial charge in [0.1, 0.15) is 5.82 Å². The molecular formula is C12H10Br2N2. The molecule has 1 N–H and O–H groups in total. The Morgan fingerprint density at radius 2 is 1.94 bits per heavy atom. The Balaban J connectivity index is 2.34. The van der Waals surface area contributed by atoms with Crippen LogP contribution >= 0.6 is 31.9 Å². The van der Waals surface area contributed by atoms with Crippen molar-refractivity contribution in [1.29, 1.82) is 0 Å². The standard InChI is InChI=1S/C12H10Br2N2/c1-8-4-5-9(13)11(7-8)16-12-10(14)3-2-6-15-12/h2-7H,1H3,(H,15,16). The predicted octanol–water partition coefficient (Wildman–Crippen LogP) is 4.66. The van der Waals surface area contributed by atoms with Crippen LogP contribution in [-0.4, -0.2) is 4.98 Å². The van der Waals surface area contributed by atoms with E-state index in [0.717, 1.165) is 20.5 Å². The van der Waals surface area contributed by atoms with Crippen molar-refractivity contribution in [2.45, 2.75) is 6.92 Å². The van der Waals surface area contributed by atoms with Gasteiger partial charge in [-0.15, -0.1) is 0 Å². The molecule has 1 aromatic carbocycles. The van der Waals surface area contributed by atoms with Crippen LogP contribution in [0.2, 0.25) is 0 Å². The van der Waals surface area contributed by atoms with Gasteiger partial charge in [0, 0.05) is 10.7 Å². The summed E-state index contributed by atoms with van der Waals surface area (Å²) in [6.45, 7) is 2.06. The monoisotopic (exact) mass is 340 g/mol. The summed E-state index contributed by atoms with van der Waals surface area (Å²) < 4.78 is 1.97. The molecule has 2 rings (SSSR count). The Morgan fingerprint density at radius 3 is 2.69 bits per heavy atom. The second-order valence-electron chi connectivity index (χ2n) is 3.44. The second kappa shape index (κ2) is 4.97. The number of rotatable bonds is 2. The topological polar surface area (TPSA) is 24.9 Å². The van der Waals surface area contributed by atoms with Gasteiger partial charge in [-0.2, -0.15) is 0 Å². The molecule has 16 heavy (non-hydrogen) atoms. The molecule has 0 saturated carbocycles. The minimum absolute atomic E-state index is 0.814. The Kier molecular flexibility index (Phi) is 3.61. The maximum absolute atomic E-state index is 4.27. The zero-order valence-corrected chi connectivity index (χ0v) is 11.8. The summed E-state index contributed by atoms with van der Waals surface area (Å²) in [5, 5.41) is 3.28. The molecule has 1 aromatic heterocycles. The molecule has 0 bridgehead atoms. The van der Waals surface area contributed by atoms with Gasteiger partial charge in [0.25, 0.3) is 0 Å². The number of pyridine rings is 1. The lowest BCUT2D eigenvalue weighted by Crippen LogP contribution is -1.95. The van der Waals surface area contributed by atoms with Crippen LogP contribution < -0.4 is 5.32 Å². The highest BCUT2D eigenvalue weighted by atomic mass is 79.9. The van der Waals surface area contributed by atoms with Crippen LogP contribution in [0.5, 0.6) is 0 Å². The summed E-state index contributed by atoms with van der Waals surface area (Å²) in [7, 11) is 0. The number of benzene rings is 1. The van der Waals surface area contributed by atoms with E-state index in [1.807, 2.05) is 18.2 Å². The normalized spacial score (nSPS) is 10.2. The van der Waals surface area contributed by atoms with Crippen LogP contribution in [-0.2, 0) is 0 Å². The molecule has 0 aliphatic rings. The number of hydrogen-bond donors (Lipinski definition) is 1. The summed E-state index contributed by atoms with van der Waals surface area (Å²) >= 11 is 6.96. The van der Waals surface area contributed by atoms with E-state index < -0.39 is 0 Å². The number of hydrogen-bond acceptors (Lipinski definition) is 2. The molecule has 1 heterocycles. The summed E-state index contributed by atoms with van der Waals surface area (Å²) in [6.07, 6.45) is 1.76. The maximum Gasteiger partial charge on any atom is 0.144 e. The number of nitrogens with zero attached hydrogens (tertiary/aromatic N) is 1. The molecule has 0 unspecified atom stereocenters. The lowest BCUT2D eigenvalue weighted by Gasteiger charge is -2.09. The van der Waals surface area contributed by atoms with E-state index in [9.17, 15) is 0 Å². The highest BCUT2D eigenvalue weighted by molar-refractivity contribution is 9.11. The van der Waals surface area contributed by atoms with Crippen molar-refractivity contribution in [2.24, 2.45) is 0 Å². The third-order valence-electron chi connectivity index (χ3n) is 2.13. The fourth-order valence-corrected chi connectivity index (χ4v) is 2.04. The van der Waals surface area contributed by atoms with Crippen molar-refractivity contribution in [1.82, 2.24) is 4.98 Å². The quantitative estimate of drug-likeness (QED) is 0.859. The van der Waals surface area contributed by atoms with Crippen molar-refractivity contribution in [2.75, 3.05) is 5.32 Å². The highest BCUT2D eigenvalue weighted by Gasteiger charge is 2.04. The van der Waals surface area contributed by atoms with E-state index >= 15 is 0 Å². The molecule has 2 nitrogen and oxygen atoms in total. The number of aryl methyl sites for hydroxylation is 1. The van der Waals surface area contributed by atoms with E-state index in [0.29, 0.717) is 0 Å². The first-order valence-corrected chi connectivity index (χ1v) is 6.39. The van der Waals surface area contributed by atoms with E-state index in [2.05, 4.69) is 61.2 Å². The van der Waals surface area contributed by atoms with Crippen LogP contribution in [0.4, 0.5) is 11.5 Å². The molecule has 0 atom stereocenters. The minimum Gasteiger partial charge on any atom is -0.338 e. The first kappa shape index (κ1) is 11.6. The molecule has 82 valence electrons. The average Bonchev–Trinajstić information content (AvgIpc) is 2.27. The summed E-state index contributed by atoms with van der Waals surface area (Å²) in [4.78, 5) is 4.27. The molecule has 0 fully saturated rings. The first-order chi connectivity index (χ1) is 7.66. The lowest BCUT2D eigenvalue weighted by molar-refractivity contribution is 1.28.